The summed E-state index contributed by atoms with van der Waals surface area (Å²) in [5.74, 6) is 0. The van der Waals surface area contributed by atoms with Gasteiger partial charge in [0, 0.05) is 56.4 Å². The van der Waals surface area contributed by atoms with Gasteiger partial charge in [0.05, 0.1) is 17.1 Å². The molecule has 14 nitrogen and oxygen atoms in total. The topological polar surface area (TPSA) is 259 Å². The number of aromatic nitrogens is 3. The molecule has 1 fully saturated rings. The standard InChI is InChI=1S/C24H30N6.2ClHO4.Mn/c1-4-10-25-19(7-1)16-28-22-13-23(29-17-20-8-2-5-11-26-20)15-24(14-22)30-18-21-9-3-6-12-27-21;2*2-1(3,4)5;/h1-12,22-24,28-30H,13-18H2;2*(H,2,3,4,5);/q;;;+2/p-2. The van der Waals surface area contributed by atoms with Crippen LogP contribution >= 0.6 is 0 Å². The maximum atomic E-state index is 8.49. The second-order valence-corrected chi connectivity index (χ2v) is 10.2. The number of halogens is 2. The van der Waals surface area contributed by atoms with Crippen LogP contribution in [0.1, 0.15) is 36.3 Å². The number of nitrogens with zero attached hydrogens (tertiary/aromatic N) is 3. The van der Waals surface area contributed by atoms with E-state index in [2.05, 4.69) is 49.1 Å². The van der Waals surface area contributed by atoms with Crippen molar-refractivity contribution in [2.45, 2.75) is 57.0 Å². The van der Waals surface area contributed by atoms with Gasteiger partial charge >= 0.3 is 17.1 Å². The number of hydrogen-bond acceptors (Lipinski definition) is 14. The van der Waals surface area contributed by atoms with Crippen LogP contribution in [0.3, 0.4) is 0 Å². The van der Waals surface area contributed by atoms with Gasteiger partial charge in [-0.1, -0.05) is 18.2 Å². The summed E-state index contributed by atoms with van der Waals surface area (Å²) in [6.07, 6.45) is 8.86. The van der Waals surface area contributed by atoms with E-state index in [9.17, 15) is 0 Å². The van der Waals surface area contributed by atoms with Crippen LogP contribution in [0.15, 0.2) is 73.2 Å². The van der Waals surface area contributed by atoms with Crippen molar-refractivity contribution < 1.29 is 74.8 Å². The van der Waals surface area contributed by atoms with Crippen molar-refractivity contribution in [3.8, 4) is 0 Å². The zero-order valence-corrected chi connectivity index (χ0v) is 24.3. The molecule has 0 saturated heterocycles. The van der Waals surface area contributed by atoms with Crippen molar-refractivity contribution >= 4 is 0 Å². The van der Waals surface area contributed by atoms with E-state index in [-0.39, 0.29) is 17.1 Å². The number of nitrogens with one attached hydrogen (secondary N) is 3. The summed E-state index contributed by atoms with van der Waals surface area (Å²) in [7, 11) is -9.89. The van der Waals surface area contributed by atoms with Crippen LogP contribution in [0.5, 0.6) is 0 Å². The fourth-order valence-corrected chi connectivity index (χ4v) is 4.07. The normalized spacial score (nSPS) is 18.6. The van der Waals surface area contributed by atoms with Crippen molar-refractivity contribution in [1.82, 2.24) is 30.9 Å². The first-order valence-corrected chi connectivity index (χ1v) is 14.5. The Morgan fingerprint density at radius 2 is 0.756 bits per heavy atom. The monoisotopic (exact) mass is 655 g/mol. The zero-order chi connectivity index (χ0) is 29.4. The van der Waals surface area contributed by atoms with Gasteiger partial charge in [0.2, 0.25) is 0 Å². The third-order valence-electron chi connectivity index (χ3n) is 5.60. The largest absolute Gasteiger partial charge is 2.00 e. The predicted molar refractivity (Wildman–Crippen MR) is 118 cm³/mol. The predicted octanol–water partition coefficient (Wildman–Crippen LogP) is -6.68. The van der Waals surface area contributed by atoms with Crippen LogP contribution in [0.2, 0.25) is 0 Å². The summed E-state index contributed by atoms with van der Waals surface area (Å²) >= 11 is 0. The van der Waals surface area contributed by atoms with E-state index in [4.69, 9.17) is 37.3 Å². The van der Waals surface area contributed by atoms with Crippen LogP contribution in [0.25, 0.3) is 0 Å². The van der Waals surface area contributed by atoms with Gasteiger partial charge in [0.1, 0.15) is 0 Å². The first-order valence-electron chi connectivity index (χ1n) is 12.0. The van der Waals surface area contributed by atoms with Gasteiger partial charge in [-0.2, -0.15) is 0 Å². The van der Waals surface area contributed by atoms with Crippen molar-refractivity contribution in [2.75, 3.05) is 0 Å². The Bertz CT molecular complexity index is 925. The molecule has 0 spiro atoms. The van der Waals surface area contributed by atoms with Crippen LogP contribution < -0.4 is 53.2 Å². The molecular formula is C24H30Cl2MnN6O8. The Kier molecular flexibility index (Phi) is 17.5. The van der Waals surface area contributed by atoms with E-state index in [1.807, 2.05) is 55.0 Å². The summed E-state index contributed by atoms with van der Waals surface area (Å²) < 4.78 is 67.9. The molecule has 41 heavy (non-hydrogen) atoms. The molecule has 3 heterocycles. The van der Waals surface area contributed by atoms with Crippen LogP contribution in [-0.2, 0) is 36.7 Å². The van der Waals surface area contributed by atoms with Crippen molar-refractivity contribution in [3.05, 3.63) is 90.3 Å². The van der Waals surface area contributed by atoms with Gasteiger partial charge < -0.3 is 16.0 Å². The summed E-state index contributed by atoms with van der Waals surface area (Å²) in [4.78, 5) is 13.3. The maximum absolute atomic E-state index is 8.49. The maximum Gasteiger partial charge on any atom is 2.00 e. The summed E-state index contributed by atoms with van der Waals surface area (Å²) in [5.41, 5.74) is 3.25. The Morgan fingerprint density at radius 3 is 0.951 bits per heavy atom. The Hall–Kier alpha value is -1.89. The second kappa shape index (κ2) is 19.3. The van der Waals surface area contributed by atoms with Crippen molar-refractivity contribution in [2.24, 2.45) is 0 Å². The Balaban J connectivity index is 0.000000661. The number of hydrogen-bond donors (Lipinski definition) is 3. The molecule has 0 aromatic carbocycles. The van der Waals surface area contributed by atoms with Crippen LogP contribution in [0.4, 0.5) is 0 Å². The molecule has 0 atom stereocenters. The Labute approximate surface area is 252 Å². The molecule has 0 bridgehead atoms. The first kappa shape index (κ1) is 37.1. The minimum absolute atomic E-state index is 0. The quantitative estimate of drug-likeness (QED) is 0.181. The minimum atomic E-state index is -4.94. The molecular weight excluding hydrogens is 626 g/mol. The molecule has 0 unspecified atom stereocenters. The van der Waals surface area contributed by atoms with Crippen molar-refractivity contribution in [1.29, 1.82) is 0 Å². The minimum Gasteiger partial charge on any atom is -0.308 e. The van der Waals surface area contributed by atoms with E-state index in [1.54, 1.807) is 0 Å². The smallest absolute Gasteiger partial charge is 0.308 e. The van der Waals surface area contributed by atoms with Crippen molar-refractivity contribution in [3.63, 3.8) is 0 Å². The van der Waals surface area contributed by atoms with E-state index in [0.717, 1.165) is 56.0 Å². The third kappa shape index (κ3) is 20.6. The van der Waals surface area contributed by atoms with Gasteiger partial charge in [-0.3, -0.25) is 15.0 Å². The molecule has 0 amide bonds. The zero-order valence-electron chi connectivity index (χ0n) is 21.6. The summed E-state index contributed by atoms with van der Waals surface area (Å²) in [5, 5.41) is 11.2. The molecule has 225 valence electrons. The molecule has 4 rings (SSSR count). The van der Waals surface area contributed by atoms with E-state index >= 15 is 0 Å². The third-order valence-corrected chi connectivity index (χ3v) is 5.60. The fourth-order valence-electron chi connectivity index (χ4n) is 4.07. The molecule has 1 saturated carbocycles. The SMILES string of the molecule is [Mn+2].[O-][Cl+3]([O-])([O-])[O-].[O-][Cl+3]([O-])([O-])[O-].c1ccc(CNC2CC(NCc3ccccn3)CC(NCc3ccccn3)C2)nc1. The molecule has 3 aromatic rings. The van der Waals surface area contributed by atoms with Crippen LogP contribution in [-0.4, -0.2) is 33.1 Å². The summed E-state index contributed by atoms with van der Waals surface area (Å²) in [6, 6.07) is 19.5. The van der Waals surface area contributed by atoms with E-state index in [0.29, 0.717) is 18.1 Å². The second-order valence-electron chi connectivity index (χ2n) is 8.66. The molecule has 0 aliphatic heterocycles. The van der Waals surface area contributed by atoms with Gasteiger partial charge in [-0.15, -0.1) is 20.5 Å². The molecule has 3 N–H and O–H groups in total. The number of pyridine rings is 3. The molecule has 17 heteroatoms. The Morgan fingerprint density at radius 1 is 0.512 bits per heavy atom. The van der Waals surface area contributed by atoms with E-state index in [1.165, 1.54) is 0 Å². The van der Waals surface area contributed by atoms with Gasteiger partial charge in [-0.25, -0.2) is 37.3 Å². The first-order chi connectivity index (χ1) is 18.8. The fraction of sp³-hybridized carbons (Fsp3) is 0.375. The average molecular weight is 656 g/mol. The van der Waals surface area contributed by atoms with Gasteiger partial charge in [0.15, 0.2) is 0 Å². The van der Waals surface area contributed by atoms with Gasteiger partial charge in [-0.05, 0) is 55.7 Å². The van der Waals surface area contributed by atoms with E-state index < -0.39 is 20.5 Å². The average Bonchev–Trinajstić information content (AvgIpc) is 2.89. The van der Waals surface area contributed by atoms with Gasteiger partial charge in [0.25, 0.3) is 0 Å². The molecule has 1 aliphatic carbocycles. The number of rotatable bonds is 9. The summed E-state index contributed by atoms with van der Waals surface area (Å²) in [6.45, 7) is 2.39. The molecule has 1 radical (unpaired) electrons. The molecule has 3 aromatic heterocycles. The molecule has 1 aliphatic rings. The van der Waals surface area contributed by atoms with Crippen LogP contribution in [0, 0.1) is 20.5 Å².